The van der Waals surface area contributed by atoms with Crippen molar-refractivity contribution >= 4 is 40.8 Å². The van der Waals surface area contributed by atoms with Crippen LogP contribution in [-0.2, 0) is 0 Å². The maximum Gasteiger partial charge on any atom is 0.227 e. The summed E-state index contributed by atoms with van der Waals surface area (Å²) in [7, 11) is 0. The van der Waals surface area contributed by atoms with Crippen LogP contribution in [-0.4, -0.2) is 83.2 Å². The SMILES string of the molecule is CCCN1CCN(c2nc(-c3cncc(Cl)c3)cc(N3CCN(c4ncccc4Cl)C[C@H]3C)n2)CC1. The number of hydrogen-bond donors (Lipinski definition) is 0. The first-order valence-electron chi connectivity index (χ1n) is 12.6. The monoisotopic (exact) mass is 526 g/mol. The summed E-state index contributed by atoms with van der Waals surface area (Å²) in [5, 5.41) is 1.28. The van der Waals surface area contributed by atoms with Gasteiger partial charge in [-0.1, -0.05) is 30.1 Å². The van der Waals surface area contributed by atoms with Crippen molar-refractivity contribution < 1.29 is 0 Å². The molecule has 2 fully saturated rings. The number of hydrogen-bond acceptors (Lipinski definition) is 8. The lowest BCUT2D eigenvalue weighted by atomic mass is 10.1. The zero-order chi connectivity index (χ0) is 25.1. The molecule has 0 N–H and O–H groups in total. The Morgan fingerprint density at radius 3 is 2.50 bits per heavy atom. The van der Waals surface area contributed by atoms with Crippen LogP contribution in [0.15, 0.2) is 42.9 Å². The molecule has 3 aromatic rings. The standard InChI is InChI=1S/C26H32Cl2N8/c1-3-7-33-8-10-34(11-9-33)26-31-23(20-14-21(27)17-29-16-20)15-24(32-26)36-13-12-35(18-19(36)2)25-22(28)5-4-6-30-25/h4-6,14-17,19H,3,7-13,18H2,1-2H3/t19-/m1/s1. The van der Waals surface area contributed by atoms with E-state index in [9.17, 15) is 0 Å². The van der Waals surface area contributed by atoms with Gasteiger partial charge in [-0.2, -0.15) is 4.98 Å². The van der Waals surface area contributed by atoms with Gasteiger partial charge in [-0.15, -0.1) is 0 Å². The van der Waals surface area contributed by atoms with Crippen LogP contribution in [0.2, 0.25) is 10.0 Å². The van der Waals surface area contributed by atoms with Gasteiger partial charge >= 0.3 is 0 Å². The minimum atomic E-state index is 0.214. The summed E-state index contributed by atoms with van der Waals surface area (Å²) in [5.74, 6) is 2.52. The number of nitrogens with zero attached hydrogens (tertiary/aromatic N) is 8. The second-order valence-corrected chi connectivity index (χ2v) is 10.3. The third-order valence-electron chi connectivity index (χ3n) is 6.86. The van der Waals surface area contributed by atoms with E-state index in [4.69, 9.17) is 33.2 Å². The molecule has 10 heteroatoms. The number of anilines is 3. The lowest BCUT2D eigenvalue weighted by Gasteiger charge is -2.41. The van der Waals surface area contributed by atoms with Gasteiger partial charge in [0, 0.05) is 82.1 Å². The van der Waals surface area contributed by atoms with Crippen molar-refractivity contribution in [1.29, 1.82) is 0 Å². The Kier molecular flexibility index (Phi) is 7.74. The molecular formula is C26H32Cl2N8. The Morgan fingerprint density at radius 1 is 0.972 bits per heavy atom. The summed E-state index contributed by atoms with van der Waals surface area (Å²) in [4.78, 5) is 28.2. The van der Waals surface area contributed by atoms with E-state index in [0.717, 1.165) is 81.2 Å². The number of piperazine rings is 2. The Hall–Kier alpha value is -2.68. The molecule has 0 unspecified atom stereocenters. The maximum absolute atomic E-state index is 6.43. The second kappa shape index (κ2) is 11.2. The van der Waals surface area contributed by atoms with Crippen molar-refractivity contribution in [3.05, 3.63) is 52.9 Å². The molecule has 2 saturated heterocycles. The fraction of sp³-hybridized carbons (Fsp3) is 0.462. The molecule has 0 saturated carbocycles. The van der Waals surface area contributed by atoms with Crippen molar-refractivity contribution in [3.63, 3.8) is 0 Å². The normalized spacial score (nSPS) is 19.1. The average Bonchev–Trinajstić information content (AvgIpc) is 2.89. The van der Waals surface area contributed by atoms with Crippen LogP contribution in [0.3, 0.4) is 0 Å². The summed E-state index contributed by atoms with van der Waals surface area (Å²) in [6, 6.07) is 7.94. The molecule has 0 aromatic carbocycles. The Balaban J connectivity index is 1.43. The van der Waals surface area contributed by atoms with Gasteiger partial charge in [0.15, 0.2) is 0 Å². The zero-order valence-electron chi connectivity index (χ0n) is 20.8. The van der Waals surface area contributed by atoms with Crippen LogP contribution in [0.4, 0.5) is 17.6 Å². The van der Waals surface area contributed by atoms with Crippen molar-refractivity contribution in [2.75, 3.05) is 67.1 Å². The van der Waals surface area contributed by atoms with Crippen molar-refractivity contribution in [1.82, 2.24) is 24.8 Å². The quantitative estimate of drug-likeness (QED) is 0.465. The van der Waals surface area contributed by atoms with E-state index in [-0.39, 0.29) is 6.04 Å². The van der Waals surface area contributed by atoms with Crippen LogP contribution >= 0.6 is 23.2 Å². The molecule has 5 rings (SSSR count). The predicted molar refractivity (Wildman–Crippen MR) is 147 cm³/mol. The molecule has 2 aliphatic heterocycles. The summed E-state index contributed by atoms with van der Waals surface area (Å²) in [5.41, 5.74) is 1.73. The van der Waals surface area contributed by atoms with Crippen molar-refractivity contribution in [2.24, 2.45) is 0 Å². The minimum Gasteiger partial charge on any atom is -0.352 e. The van der Waals surface area contributed by atoms with E-state index in [2.05, 4.69) is 49.5 Å². The summed E-state index contributed by atoms with van der Waals surface area (Å²) >= 11 is 12.7. The van der Waals surface area contributed by atoms with Gasteiger partial charge in [0.05, 0.1) is 15.7 Å². The van der Waals surface area contributed by atoms with Gasteiger partial charge < -0.3 is 14.7 Å². The molecule has 0 amide bonds. The van der Waals surface area contributed by atoms with Gasteiger partial charge in [0.2, 0.25) is 5.95 Å². The molecule has 1 atom stereocenters. The van der Waals surface area contributed by atoms with Crippen molar-refractivity contribution in [3.8, 4) is 11.3 Å². The molecule has 36 heavy (non-hydrogen) atoms. The first-order valence-corrected chi connectivity index (χ1v) is 13.4. The Labute approximate surface area is 222 Å². The topological polar surface area (TPSA) is 64.5 Å². The van der Waals surface area contributed by atoms with E-state index in [1.54, 1.807) is 12.4 Å². The number of halogens is 2. The highest BCUT2D eigenvalue weighted by atomic mass is 35.5. The minimum absolute atomic E-state index is 0.214. The van der Waals surface area contributed by atoms with Gasteiger partial charge in [0.1, 0.15) is 11.6 Å². The van der Waals surface area contributed by atoms with Gasteiger partial charge in [-0.25, -0.2) is 9.97 Å². The predicted octanol–water partition coefficient (Wildman–Crippen LogP) is 4.49. The van der Waals surface area contributed by atoms with Gasteiger partial charge in [-0.05, 0) is 38.1 Å². The van der Waals surface area contributed by atoms with E-state index in [1.807, 2.05) is 24.4 Å². The van der Waals surface area contributed by atoms with Crippen molar-refractivity contribution in [2.45, 2.75) is 26.3 Å². The molecule has 0 aliphatic carbocycles. The fourth-order valence-corrected chi connectivity index (χ4v) is 5.41. The smallest absolute Gasteiger partial charge is 0.227 e. The molecular weight excluding hydrogens is 495 g/mol. The van der Waals surface area contributed by atoms with Gasteiger partial charge in [-0.3, -0.25) is 9.88 Å². The summed E-state index contributed by atoms with van der Waals surface area (Å²) in [6.07, 6.45) is 6.42. The number of rotatable bonds is 6. The highest BCUT2D eigenvalue weighted by Gasteiger charge is 2.28. The molecule has 8 nitrogen and oxygen atoms in total. The summed E-state index contributed by atoms with van der Waals surface area (Å²) in [6.45, 7) is 11.9. The lowest BCUT2D eigenvalue weighted by molar-refractivity contribution is 0.257. The Morgan fingerprint density at radius 2 is 1.78 bits per heavy atom. The van der Waals surface area contributed by atoms with E-state index in [0.29, 0.717) is 10.0 Å². The Bertz CT molecular complexity index is 1180. The third-order valence-corrected chi connectivity index (χ3v) is 7.36. The van der Waals surface area contributed by atoms with Crippen LogP contribution < -0.4 is 14.7 Å². The van der Waals surface area contributed by atoms with Crippen LogP contribution in [0, 0.1) is 0 Å². The molecule has 3 aromatic heterocycles. The van der Waals surface area contributed by atoms with E-state index in [1.165, 1.54) is 6.42 Å². The second-order valence-electron chi connectivity index (χ2n) is 9.43. The van der Waals surface area contributed by atoms with Crippen LogP contribution in [0.1, 0.15) is 20.3 Å². The maximum atomic E-state index is 6.43. The average molecular weight is 528 g/mol. The molecule has 0 spiro atoms. The molecule has 0 bridgehead atoms. The molecule has 5 heterocycles. The highest BCUT2D eigenvalue weighted by Crippen LogP contribution is 2.30. The zero-order valence-corrected chi connectivity index (χ0v) is 22.3. The molecule has 190 valence electrons. The number of aromatic nitrogens is 4. The third kappa shape index (κ3) is 5.51. The first kappa shape index (κ1) is 25.0. The van der Waals surface area contributed by atoms with Gasteiger partial charge in [0.25, 0.3) is 0 Å². The van der Waals surface area contributed by atoms with E-state index >= 15 is 0 Å². The summed E-state index contributed by atoms with van der Waals surface area (Å²) < 4.78 is 0. The van der Waals surface area contributed by atoms with Crippen LogP contribution in [0.5, 0.6) is 0 Å². The first-order chi connectivity index (χ1) is 17.5. The fourth-order valence-electron chi connectivity index (χ4n) is 5.00. The lowest BCUT2D eigenvalue weighted by Crippen LogP contribution is -2.53. The van der Waals surface area contributed by atoms with E-state index < -0.39 is 0 Å². The molecule has 0 radical (unpaired) electrons. The van der Waals surface area contributed by atoms with Crippen LogP contribution in [0.25, 0.3) is 11.3 Å². The highest BCUT2D eigenvalue weighted by molar-refractivity contribution is 6.33. The number of pyridine rings is 2. The molecule has 2 aliphatic rings. The largest absolute Gasteiger partial charge is 0.352 e.